The van der Waals surface area contributed by atoms with Crippen molar-refractivity contribution in [2.45, 2.75) is 70.5 Å². The molecule has 5 nitrogen and oxygen atoms in total. The van der Waals surface area contributed by atoms with Crippen molar-refractivity contribution >= 4 is 11.8 Å². The van der Waals surface area contributed by atoms with Crippen molar-refractivity contribution in [3.05, 3.63) is 47.5 Å². The first kappa shape index (κ1) is 22.7. The van der Waals surface area contributed by atoms with Gasteiger partial charge in [0.1, 0.15) is 5.78 Å². The van der Waals surface area contributed by atoms with Gasteiger partial charge in [-0.25, -0.2) is 4.79 Å². The van der Waals surface area contributed by atoms with Crippen molar-refractivity contribution in [2.75, 3.05) is 7.11 Å². The van der Waals surface area contributed by atoms with Crippen molar-refractivity contribution < 1.29 is 24.5 Å². The van der Waals surface area contributed by atoms with E-state index in [-0.39, 0.29) is 41.5 Å². The van der Waals surface area contributed by atoms with E-state index in [0.717, 1.165) is 24.8 Å². The van der Waals surface area contributed by atoms with Gasteiger partial charge in [0.05, 0.1) is 24.9 Å². The highest BCUT2D eigenvalue weighted by atomic mass is 16.5. The molecule has 0 spiro atoms. The van der Waals surface area contributed by atoms with Gasteiger partial charge in [-0.1, -0.05) is 37.6 Å². The number of benzene rings is 1. The molecule has 3 rings (SSSR count). The number of hydrogen-bond acceptors (Lipinski definition) is 5. The van der Waals surface area contributed by atoms with E-state index in [9.17, 15) is 19.8 Å². The van der Waals surface area contributed by atoms with Crippen LogP contribution in [0.1, 0.15) is 67.8 Å². The van der Waals surface area contributed by atoms with E-state index in [1.807, 2.05) is 24.3 Å². The molecule has 0 aromatic heterocycles. The van der Waals surface area contributed by atoms with E-state index < -0.39 is 6.10 Å². The van der Waals surface area contributed by atoms with E-state index in [2.05, 4.69) is 6.92 Å². The highest BCUT2D eigenvalue weighted by molar-refractivity contribution is 5.89. The van der Waals surface area contributed by atoms with Gasteiger partial charge in [0.15, 0.2) is 0 Å². The van der Waals surface area contributed by atoms with Gasteiger partial charge >= 0.3 is 5.97 Å². The third-order valence-corrected chi connectivity index (χ3v) is 7.33. The van der Waals surface area contributed by atoms with Crippen molar-refractivity contribution in [1.29, 1.82) is 0 Å². The number of ether oxygens (including phenoxy) is 1. The minimum absolute atomic E-state index is 0.0597. The summed E-state index contributed by atoms with van der Waals surface area (Å²) in [5.74, 6) is -0.668. The molecule has 2 aliphatic rings. The Morgan fingerprint density at radius 1 is 1.30 bits per heavy atom. The van der Waals surface area contributed by atoms with E-state index >= 15 is 0 Å². The third-order valence-electron chi connectivity index (χ3n) is 7.33. The molecule has 2 fully saturated rings. The Kier molecular flexibility index (Phi) is 7.48. The molecule has 164 valence electrons. The van der Waals surface area contributed by atoms with E-state index in [1.165, 1.54) is 13.5 Å². The number of aliphatic hydroxyl groups is 2. The number of Topliss-reactive ketones (excluding diaryl/α,β-unsaturated/α-hetero) is 1. The molecule has 2 unspecified atom stereocenters. The molecular weight excluding hydrogens is 380 g/mol. The van der Waals surface area contributed by atoms with E-state index in [0.29, 0.717) is 24.8 Å². The summed E-state index contributed by atoms with van der Waals surface area (Å²) in [5, 5.41) is 21.0. The number of carbonyl (C=O) groups is 2. The van der Waals surface area contributed by atoms with Crippen LogP contribution in [0, 0.1) is 17.3 Å². The number of hydrogen-bond donors (Lipinski definition) is 2. The first-order valence-corrected chi connectivity index (χ1v) is 11.1. The monoisotopic (exact) mass is 414 g/mol. The second-order valence-corrected chi connectivity index (χ2v) is 8.90. The number of carbonyl (C=O) groups excluding carboxylic acids is 2. The van der Waals surface area contributed by atoms with Gasteiger partial charge in [-0.05, 0) is 61.6 Å². The second kappa shape index (κ2) is 9.88. The molecule has 0 radical (unpaired) electrons. The van der Waals surface area contributed by atoms with Crippen LogP contribution in [-0.2, 0) is 16.0 Å². The lowest BCUT2D eigenvalue weighted by Gasteiger charge is -2.45. The Balaban J connectivity index is 1.57. The molecule has 2 aliphatic carbocycles. The predicted octanol–water partition coefficient (Wildman–Crippen LogP) is 3.86. The normalized spacial score (nSPS) is 26.5. The number of aryl methyl sites for hydroxylation is 1. The van der Waals surface area contributed by atoms with Crippen LogP contribution < -0.4 is 0 Å². The second-order valence-electron chi connectivity index (χ2n) is 8.90. The summed E-state index contributed by atoms with van der Waals surface area (Å²) in [6.07, 6.45) is 9.39. The zero-order valence-corrected chi connectivity index (χ0v) is 18.0. The summed E-state index contributed by atoms with van der Waals surface area (Å²) in [6, 6.07) is 7.23. The quantitative estimate of drug-likeness (QED) is 0.474. The summed E-state index contributed by atoms with van der Waals surface area (Å²) in [7, 11) is 1.36. The first-order valence-electron chi connectivity index (χ1n) is 11.1. The van der Waals surface area contributed by atoms with E-state index in [1.54, 1.807) is 12.1 Å². The summed E-state index contributed by atoms with van der Waals surface area (Å²) in [4.78, 5) is 24.0. The fourth-order valence-electron chi connectivity index (χ4n) is 5.01. The number of rotatable bonds is 9. The van der Waals surface area contributed by atoms with Crippen molar-refractivity contribution in [3.8, 4) is 0 Å². The number of aliphatic hydroxyl groups excluding tert-OH is 2. The Hall–Kier alpha value is -1.98. The smallest absolute Gasteiger partial charge is 0.337 e. The van der Waals surface area contributed by atoms with Crippen LogP contribution in [0.25, 0.3) is 0 Å². The van der Waals surface area contributed by atoms with Crippen molar-refractivity contribution in [1.82, 2.24) is 0 Å². The van der Waals surface area contributed by atoms with Gasteiger partial charge in [0.25, 0.3) is 0 Å². The minimum Gasteiger partial charge on any atom is -0.465 e. The largest absolute Gasteiger partial charge is 0.465 e. The van der Waals surface area contributed by atoms with Crippen LogP contribution in [0.15, 0.2) is 36.4 Å². The van der Waals surface area contributed by atoms with E-state index in [4.69, 9.17) is 4.74 Å². The molecule has 4 atom stereocenters. The standard InChI is InChI=1S/C25H34O5/c1-3-25(14-5-15-25)23(28)7-4-6-19-20(22(27)16-21(19)26)13-10-17-8-11-18(12-9-17)24(29)30-2/h4,6,8-9,11-12,19-21,23,26,28H,3,5,7,10,13-16H2,1-2H3/t19-,20-,21?,23?/m1/s1. The molecule has 0 amide bonds. The van der Waals surface area contributed by atoms with Gasteiger partial charge < -0.3 is 14.9 Å². The summed E-state index contributed by atoms with van der Waals surface area (Å²) >= 11 is 0. The molecular formula is C25H34O5. The lowest BCUT2D eigenvalue weighted by atomic mass is 9.63. The molecule has 0 saturated heterocycles. The average molecular weight is 415 g/mol. The van der Waals surface area contributed by atoms with Gasteiger partial charge in [0, 0.05) is 18.3 Å². The van der Waals surface area contributed by atoms with Crippen LogP contribution in [0.5, 0.6) is 0 Å². The highest BCUT2D eigenvalue weighted by Gasteiger charge is 2.42. The maximum atomic E-state index is 12.5. The molecule has 1 aromatic rings. The lowest BCUT2D eigenvalue weighted by molar-refractivity contribution is -0.121. The minimum atomic E-state index is -0.651. The average Bonchev–Trinajstić information content (AvgIpc) is 2.98. The van der Waals surface area contributed by atoms with Crippen LogP contribution in [0.3, 0.4) is 0 Å². The fraction of sp³-hybridized carbons (Fsp3) is 0.600. The maximum Gasteiger partial charge on any atom is 0.337 e. The molecule has 1 aromatic carbocycles. The Morgan fingerprint density at radius 2 is 2.00 bits per heavy atom. The van der Waals surface area contributed by atoms with Crippen LogP contribution in [0.2, 0.25) is 0 Å². The van der Waals surface area contributed by atoms with Gasteiger partial charge in [-0.15, -0.1) is 0 Å². The maximum absolute atomic E-state index is 12.5. The molecule has 2 N–H and O–H groups in total. The Bertz CT molecular complexity index is 757. The summed E-state index contributed by atoms with van der Waals surface area (Å²) in [5.41, 5.74) is 1.61. The summed E-state index contributed by atoms with van der Waals surface area (Å²) < 4.78 is 4.71. The molecule has 0 heterocycles. The van der Waals surface area contributed by atoms with Gasteiger partial charge in [-0.3, -0.25) is 4.79 Å². The molecule has 5 heteroatoms. The summed E-state index contributed by atoms with van der Waals surface area (Å²) in [6.45, 7) is 2.14. The zero-order valence-electron chi connectivity index (χ0n) is 18.0. The molecule has 30 heavy (non-hydrogen) atoms. The molecule has 0 aliphatic heterocycles. The lowest BCUT2D eigenvalue weighted by Crippen LogP contribution is -2.40. The fourth-order valence-corrected chi connectivity index (χ4v) is 5.01. The van der Waals surface area contributed by atoms with Crippen molar-refractivity contribution in [3.63, 3.8) is 0 Å². The number of ketones is 1. The predicted molar refractivity (Wildman–Crippen MR) is 115 cm³/mol. The topological polar surface area (TPSA) is 83.8 Å². The first-order chi connectivity index (χ1) is 14.4. The molecule has 0 bridgehead atoms. The zero-order chi connectivity index (χ0) is 21.7. The van der Waals surface area contributed by atoms with Crippen LogP contribution in [-0.4, -0.2) is 41.3 Å². The Morgan fingerprint density at radius 3 is 2.57 bits per heavy atom. The highest BCUT2D eigenvalue weighted by Crippen LogP contribution is 2.47. The Labute approximate surface area is 179 Å². The third kappa shape index (κ3) is 4.84. The van der Waals surface area contributed by atoms with Crippen LogP contribution in [0.4, 0.5) is 0 Å². The SMILES string of the molecule is CCC1(C(O)CC=C[C@H]2C(O)CC(=O)[C@@H]2CCc2ccc(C(=O)OC)cc2)CCC1. The number of esters is 1. The number of methoxy groups -OCH3 is 1. The molecule has 2 saturated carbocycles. The van der Waals surface area contributed by atoms with Crippen molar-refractivity contribution in [2.24, 2.45) is 17.3 Å². The van der Waals surface area contributed by atoms with Crippen LogP contribution >= 0.6 is 0 Å². The van der Waals surface area contributed by atoms with Gasteiger partial charge in [0.2, 0.25) is 0 Å². The van der Waals surface area contributed by atoms with Gasteiger partial charge in [-0.2, -0.15) is 0 Å².